The standard InChI is InChI=1S/C12H12ClNO3/c1-2-14-6-9-11(15)8-5-7(13)3-4-10(8)17-12(9)16/h3-5,14-15H,2,6H2,1H3. The van der Waals surface area contributed by atoms with Crippen LogP contribution in [0.4, 0.5) is 0 Å². The number of hydrogen-bond donors (Lipinski definition) is 2. The molecule has 0 radical (unpaired) electrons. The number of rotatable bonds is 3. The molecule has 90 valence electrons. The van der Waals surface area contributed by atoms with Crippen LogP contribution >= 0.6 is 11.6 Å². The minimum atomic E-state index is -0.529. The molecule has 0 aliphatic carbocycles. The van der Waals surface area contributed by atoms with Gasteiger partial charge in [0.25, 0.3) is 0 Å². The molecule has 0 aliphatic rings. The molecule has 0 amide bonds. The highest BCUT2D eigenvalue weighted by molar-refractivity contribution is 6.31. The molecule has 0 spiro atoms. The highest BCUT2D eigenvalue weighted by atomic mass is 35.5. The van der Waals surface area contributed by atoms with Gasteiger partial charge in [-0.05, 0) is 24.7 Å². The lowest BCUT2D eigenvalue weighted by Gasteiger charge is -2.06. The van der Waals surface area contributed by atoms with Crippen molar-refractivity contribution in [3.05, 3.63) is 39.2 Å². The third kappa shape index (κ3) is 2.28. The summed E-state index contributed by atoms with van der Waals surface area (Å²) in [6.45, 7) is 2.89. The highest BCUT2D eigenvalue weighted by Gasteiger charge is 2.13. The van der Waals surface area contributed by atoms with Crippen molar-refractivity contribution in [3.8, 4) is 5.75 Å². The summed E-state index contributed by atoms with van der Waals surface area (Å²) >= 11 is 5.84. The smallest absolute Gasteiger partial charge is 0.344 e. The lowest BCUT2D eigenvalue weighted by Crippen LogP contribution is -2.18. The maximum atomic E-state index is 11.6. The maximum Gasteiger partial charge on any atom is 0.344 e. The van der Waals surface area contributed by atoms with Crippen molar-refractivity contribution in [2.45, 2.75) is 13.5 Å². The molecule has 1 aromatic carbocycles. The molecule has 0 saturated carbocycles. The fraction of sp³-hybridized carbons (Fsp3) is 0.250. The van der Waals surface area contributed by atoms with E-state index in [9.17, 15) is 9.90 Å². The van der Waals surface area contributed by atoms with Gasteiger partial charge in [0.15, 0.2) is 0 Å². The van der Waals surface area contributed by atoms with E-state index in [1.165, 1.54) is 0 Å². The Balaban J connectivity index is 2.65. The van der Waals surface area contributed by atoms with Crippen molar-refractivity contribution in [1.82, 2.24) is 5.32 Å². The zero-order valence-electron chi connectivity index (χ0n) is 9.29. The molecule has 5 heteroatoms. The molecule has 2 rings (SSSR count). The third-order valence-corrected chi connectivity index (χ3v) is 2.72. The van der Waals surface area contributed by atoms with Crippen LogP contribution in [0.2, 0.25) is 5.02 Å². The van der Waals surface area contributed by atoms with Crippen LogP contribution in [0.3, 0.4) is 0 Å². The van der Waals surface area contributed by atoms with Crippen LogP contribution < -0.4 is 10.9 Å². The fourth-order valence-electron chi connectivity index (χ4n) is 1.60. The molecule has 17 heavy (non-hydrogen) atoms. The topological polar surface area (TPSA) is 62.5 Å². The molecule has 0 bridgehead atoms. The molecule has 0 fully saturated rings. The molecule has 4 nitrogen and oxygen atoms in total. The maximum absolute atomic E-state index is 11.6. The average molecular weight is 254 g/mol. The third-order valence-electron chi connectivity index (χ3n) is 2.48. The number of fused-ring (bicyclic) bond motifs is 1. The van der Waals surface area contributed by atoms with Gasteiger partial charge < -0.3 is 14.8 Å². The molecule has 2 aromatic rings. The first-order valence-electron chi connectivity index (χ1n) is 5.28. The highest BCUT2D eigenvalue weighted by Crippen LogP contribution is 2.28. The van der Waals surface area contributed by atoms with E-state index in [1.807, 2.05) is 6.92 Å². The van der Waals surface area contributed by atoms with E-state index in [1.54, 1.807) is 18.2 Å². The van der Waals surface area contributed by atoms with Gasteiger partial charge in [0.2, 0.25) is 0 Å². The van der Waals surface area contributed by atoms with Gasteiger partial charge in [-0.15, -0.1) is 0 Å². The number of nitrogens with one attached hydrogen (secondary N) is 1. The molecule has 0 saturated heterocycles. The number of aromatic hydroxyl groups is 1. The number of benzene rings is 1. The van der Waals surface area contributed by atoms with Crippen molar-refractivity contribution in [1.29, 1.82) is 0 Å². The van der Waals surface area contributed by atoms with E-state index < -0.39 is 5.63 Å². The second kappa shape index (κ2) is 4.77. The van der Waals surface area contributed by atoms with Crippen LogP contribution in [0.5, 0.6) is 5.75 Å². The first-order valence-corrected chi connectivity index (χ1v) is 5.66. The quantitative estimate of drug-likeness (QED) is 0.824. The van der Waals surface area contributed by atoms with Crippen molar-refractivity contribution >= 4 is 22.6 Å². The summed E-state index contributed by atoms with van der Waals surface area (Å²) < 4.78 is 5.11. The fourth-order valence-corrected chi connectivity index (χ4v) is 1.77. The van der Waals surface area contributed by atoms with Gasteiger partial charge in [0.1, 0.15) is 11.3 Å². The molecule has 1 heterocycles. The molecular weight excluding hydrogens is 242 g/mol. The van der Waals surface area contributed by atoms with Crippen molar-refractivity contribution in [2.24, 2.45) is 0 Å². The van der Waals surface area contributed by atoms with Crippen molar-refractivity contribution in [2.75, 3.05) is 6.54 Å². The largest absolute Gasteiger partial charge is 0.507 e. The SMILES string of the molecule is CCNCc1c(O)c2cc(Cl)ccc2oc1=O. The van der Waals surface area contributed by atoms with Gasteiger partial charge >= 0.3 is 5.63 Å². The summed E-state index contributed by atoms with van der Waals surface area (Å²) in [5.74, 6) is -0.0697. The van der Waals surface area contributed by atoms with E-state index >= 15 is 0 Å². The van der Waals surface area contributed by atoms with Crippen LogP contribution in [0.15, 0.2) is 27.4 Å². The molecule has 0 atom stereocenters. The van der Waals surface area contributed by atoms with Gasteiger partial charge in [-0.2, -0.15) is 0 Å². The predicted octanol–water partition coefficient (Wildman–Crippen LogP) is 2.26. The lowest BCUT2D eigenvalue weighted by atomic mass is 10.1. The first-order chi connectivity index (χ1) is 8.13. The summed E-state index contributed by atoms with van der Waals surface area (Å²) in [6, 6.07) is 4.75. The second-order valence-corrected chi connectivity index (χ2v) is 4.07. The van der Waals surface area contributed by atoms with Gasteiger partial charge in [-0.25, -0.2) is 4.79 Å². The Morgan fingerprint density at radius 3 is 2.94 bits per heavy atom. The van der Waals surface area contributed by atoms with Gasteiger partial charge in [0.05, 0.1) is 10.9 Å². The molecule has 1 aromatic heterocycles. The Morgan fingerprint density at radius 1 is 1.47 bits per heavy atom. The van der Waals surface area contributed by atoms with Gasteiger partial charge in [0, 0.05) is 11.6 Å². The summed E-state index contributed by atoms with van der Waals surface area (Å²) in [7, 11) is 0. The lowest BCUT2D eigenvalue weighted by molar-refractivity contribution is 0.452. The van der Waals surface area contributed by atoms with Gasteiger partial charge in [-0.1, -0.05) is 18.5 Å². The Morgan fingerprint density at radius 2 is 2.24 bits per heavy atom. The normalized spacial score (nSPS) is 10.9. The zero-order valence-corrected chi connectivity index (χ0v) is 10.0. The summed E-state index contributed by atoms with van der Waals surface area (Å²) in [5, 5.41) is 13.9. The Bertz CT molecular complexity index is 606. The van der Waals surface area contributed by atoms with E-state index in [0.717, 1.165) is 0 Å². The van der Waals surface area contributed by atoms with Gasteiger partial charge in [-0.3, -0.25) is 0 Å². The summed E-state index contributed by atoms with van der Waals surface area (Å²) in [4.78, 5) is 11.6. The van der Waals surface area contributed by atoms with E-state index in [-0.39, 0.29) is 17.9 Å². The van der Waals surface area contributed by atoms with E-state index in [2.05, 4.69) is 5.32 Å². The minimum absolute atomic E-state index is 0.0697. The Labute approximate surface area is 103 Å². The van der Waals surface area contributed by atoms with Crippen LogP contribution in [0, 0.1) is 0 Å². The average Bonchev–Trinajstić information content (AvgIpc) is 2.30. The predicted molar refractivity (Wildman–Crippen MR) is 66.5 cm³/mol. The Hall–Kier alpha value is -1.52. The van der Waals surface area contributed by atoms with Crippen molar-refractivity contribution < 1.29 is 9.52 Å². The molecular formula is C12H12ClNO3. The van der Waals surface area contributed by atoms with Crippen molar-refractivity contribution in [3.63, 3.8) is 0 Å². The van der Waals surface area contributed by atoms with Crippen LogP contribution in [0.1, 0.15) is 12.5 Å². The van der Waals surface area contributed by atoms with E-state index in [4.69, 9.17) is 16.0 Å². The first kappa shape index (κ1) is 12.0. The number of halogens is 1. The minimum Gasteiger partial charge on any atom is -0.507 e. The van der Waals surface area contributed by atoms with Crippen LogP contribution in [-0.4, -0.2) is 11.7 Å². The molecule has 0 unspecified atom stereocenters. The summed E-state index contributed by atoms with van der Waals surface area (Å²) in [5.41, 5.74) is 0.0250. The van der Waals surface area contributed by atoms with E-state index in [0.29, 0.717) is 22.5 Å². The molecule has 2 N–H and O–H groups in total. The monoisotopic (exact) mass is 253 g/mol. The zero-order chi connectivity index (χ0) is 12.4. The number of hydrogen-bond acceptors (Lipinski definition) is 4. The van der Waals surface area contributed by atoms with Crippen LogP contribution in [-0.2, 0) is 6.54 Å². The summed E-state index contributed by atoms with van der Waals surface area (Å²) in [6.07, 6.45) is 0. The Kier molecular flexibility index (Phi) is 3.36. The second-order valence-electron chi connectivity index (χ2n) is 3.64. The molecule has 0 aliphatic heterocycles. The van der Waals surface area contributed by atoms with Crippen LogP contribution in [0.25, 0.3) is 11.0 Å².